The molecule has 10 heteroatoms. The van der Waals surface area contributed by atoms with E-state index in [4.69, 9.17) is 18.9 Å². The number of rotatable bonds is 3. The first-order chi connectivity index (χ1) is 10.5. The molecule has 2 saturated heterocycles. The fourth-order valence-electron chi connectivity index (χ4n) is 2.54. The Balaban J connectivity index is 2.17. The van der Waals surface area contributed by atoms with Gasteiger partial charge in [-0.25, -0.2) is 0 Å². The summed E-state index contributed by atoms with van der Waals surface area (Å²) in [6, 6.07) is -1.42. The van der Waals surface area contributed by atoms with Crippen LogP contribution in [0.3, 0.4) is 0 Å². The number of nitrogens with one attached hydrogen (secondary N) is 1. The van der Waals surface area contributed by atoms with Crippen LogP contribution in [0.1, 0.15) is 20.8 Å². The number of amides is 1. The lowest BCUT2D eigenvalue weighted by atomic mass is 9.95. The van der Waals surface area contributed by atoms with Crippen LogP contribution in [-0.2, 0) is 23.7 Å². The molecule has 2 N–H and O–H groups in total. The molecule has 0 spiro atoms. The second-order valence-electron chi connectivity index (χ2n) is 5.78. The third kappa shape index (κ3) is 4.13. The van der Waals surface area contributed by atoms with Crippen molar-refractivity contribution in [3.8, 4) is 0 Å². The summed E-state index contributed by atoms with van der Waals surface area (Å²) < 4.78 is 59.1. The Bertz CT molecular complexity index is 444. The zero-order valence-corrected chi connectivity index (χ0v) is 12.9. The lowest BCUT2D eigenvalue weighted by molar-refractivity contribution is -0.368. The van der Waals surface area contributed by atoms with Gasteiger partial charge in [0.25, 0.3) is 0 Å². The Morgan fingerprint density at radius 2 is 2.09 bits per heavy atom. The summed E-state index contributed by atoms with van der Waals surface area (Å²) in [4.78, 5) is 11.2. The zero-order valence-electron chi connectivity index (χ0n) is 12.9. The zero-order chi connectivity index (χ0) is 17.4. The molecule has 2 rings (SSSR count). The van der Waals surface area contributed by atoms with Gasteiger partial charge in [-0.3, -0.25) is 4.79 Å². The number of aliphatic hydroxyl groups excluding tert-OH is 1. The smallest absolute Gasteiger partial charge is 0.388 e. The van der Waals surface area contributed by atoms with Gasteiger partial charge in [0.15, 0.2) is 12.1 Å². The van der Waals surface area contributed by atoms with Crippen molar-refractivity contribution in [3.63, 3.8) is 0 Å². The molecule has 0 aromatic carbocycles. The molecular formula is C13H20F3NO6. The largest absolute Gasteiger partial charge is 0.471 e. The lowest BCUT2D eigenvalue weighted by Gasteiger charge is -2.49. The number of hydrogen-bond acceptors (Lipinski definition) is 6. The van der Waals surface area contributed by atoms with Crippen LogP contribution in [0.5, 0.6) is 0 Å². The van der Waals surface area contributed by atoms with E-state index in [-0.39, 0.29) is 13.2 Å². The van der Waals surface area contributed by atoms with Crippen LogP contribution in [0.25, 0.3) is 0 Å². The second kappa shape index (κ2) is 6.52. The number of aliphatic hydroxyl groups is 1. The molecule has 0 aliphatic carbocycles. The molecule has 0 unspecified atom stereocenters. The first-order valence-electron chi connectivity index (χ1n) is 7.20. The summed E-state index contributed by atoms with van der Waals surface area (Å²) in [6.45, 7) is 5.03. The minimum atomic E-state index is -5.08. The van der Waals surface area contributed by atoms with Gasteiger partial charge in [-0.1, -0.05) is 0 Å². The summed E-state index contributed by atoms with van der Waals surface area (Å²) in [5.74, 6) is -3.21. The van der Waals surface area contributed by atoms with Gasteiger partial charge >= 0.3 is 12.1 Å². The average Bonchev–Trinajstić information content (AvgIpc) is 2.42. The molecule has 2 aliphatic rings. The van der Waals surface area contributed by atoms with Crippen LogP contribution in [-0.4, -0.2) is 66.8 Å². The summed E-state index contributed by atoms with van der Waals surface area (Å²) in [5.41, 5.74) is 0. The highest BCUT2D eigenvalue weighted by atomic mass is 19.4. The molecule has 0 aromatic heterocycles. The van der Waals surface area contributed by atoms with Crippen molar-refractivity contribution in [2.75, 3.05) is 13.2 Å². The van der Waals surface area contributed by atoms with E-state index in [1.807, 2.05) is 0 Å². The Morgan fingerprint density at radius 3 is 2.65 bits per heavy atom. The molecule has 0 bridgehead atoms. The maximum absolute atomic E-state index is 12.5. The second-order valence-corrected chi connectivity index (χ2v) is 5.78. The molecular weight excluding hydrogens is 323 g/mol. The Labute approximate surface area is 131 Å². The highest BCUT2D eigenvalue weighted by Gasteiger charge is 2.53. The number of alkyl halides is 3. The summed E-state index contributed by atoms with van der Waals surface area (Å²) >= 11 is 0. The van der Waals surface area contributed by atoms with Crippen molar-refractivity contribution in [1.29, 1.82) is 0 Å². The minimum Gasteiger partial charge on any atom is -0.388 e. The monoisotopic (exact) mass is 343 g/mol. The topological polar surface area (TPSA) is 86.2 Å². The van der Waals surface area contributed by atoms with Gasteiger partial charge in [0.2, 0.25) is 0 Å². The number of carbonyl (C=O) groups excluding carboxylic acids is 1. The SMILES string of the molecule is CCO[C@H]1O[C@@H]2COC(C)(C)O[C@H]2[C@H](O)[C@H]1NC(=O)C(F)(F)F. The fraction of sp³-hybridized carbons (Fsp3) is 0.923. The van der Waals surface area contributed by atoms with Crippen molar-refractivity contribution < 1.29 is 42.0 Å². The standard InChI is InChI=1S/C13H20F3NO6/c1-4-20-10-7(17-11(19)13(14,15)16)8(18)9-6(22-10)5-21-12(2,3)23-9/h6-10,18H,4-5H2,1-3H3,(H,17,19)/t6-,7-,8-,9-,10+/m1/s1. The van der Waals surface area contributed by atoms with Crippen LogP contribution in [0, 0.1) is 0 Å². The Hall–Kier alpha value is -0.940. The highest BCUT2D eigenvalue weighted by molar-refractivity contribution is 5.82. The van der Waals surface area contributed by atoms with Gasteiger partial charge in [0.1, 0.15) is 24.4 Å². The van der Waals surface area contributed by atoms with Crippen molar-refractivity contribution in [2.24, 2.45) is 0 Å². The fourth-order valence-corrected chi connectivity index (χ4v) is 2.54. The molecule has 2 aliphatic heterocycles. The van der Waals surface area contributed by atoms with Gasteiger partial charge in [-0.05, 0) is 20.8 Å². The van der Waals surface area contributed by atoms with E-state index in [1.165, 1.54) is 0 Å². The van der Waals surface area contributed by atoms with E-state index < -0.39 is 48.5 Å². The molecule has 0 radical (unpaired) electrons. The van der Waals surface area contributed by atoms with Crippen molar-refractivity contribution in [3.05, 3.63) is 0 Å². The highest BCUT2D eigenvalue weighted by Crippen LogP contribution is 2.33. The van der Waals surface area contributed by atoms with Gasteiger partial charge in [0, 0.05) is 6.61 Å². The maximum atomic E-state index is 12.5. The van der Waals surface area contributed by atoms with E-state index >= 15 is 0 Å². The number of fused-ring (bicyclic) bond motifs is 1. The maximum Gasteiger partial charge on any atom is 0.471 e. The van der Waals surface area contributed by atoms with Gasteiger partial charge in [0.05, 0.1) is 6.61 Å². The van der Waals surface area contributed by atoms with Crippen LogP contribution in [0.15, 0.2) is 0 Å². The molecule has 5 atom stereocenters. The third-order valence-corrected chi connectivity index (χ3v) is 3.57. The first kappa shape index (κ1) is 18.4. The Morgan fingerprint density at radius 1 is 1.43 bits per heavy atom. The molecule has 7 nitrogen and oxygen atoms in total. The third-order valence-electron chi connectivity index (χ3n) is 3.57. The number of ether oxygens (including phenoxy) is 4. The first-order valence-corrected chi connectivity index (χ1v) is 7.20. The minimum absolute atomic E-state index is 0.0816. The van der Waals surface area contributed by atoms with Crippen molar-refractivity contribution in [1.82, 2.24) is 5.32 Å². The van der Waals surface area contributed by atoms with E-state index in [2.05, 4.69) is 0 Å². The summed E-state index contributed by atoms with van der Waals surface area (Å²) in [7, 11) is 0. The predicted octanol–water partition coefficient (Wildman–Crippen LogP) is 0.307. The van der Waals surface area contributed by atoms with Crippen LogP contribution >= 0.6 is 0 Å². The molecule has 2 fully saturated rings. The normalized spacial score (nSPS) is 37.1. The molecule has 2 heterocycles. The molecule has 0 saturated carbocycles. The van der Waals surface area contributed by atoms with Crippen LogP contribution in [0.4, 0.5) is 13.2 Å². The van der Waals surface area contributed by atoms with E-state index in [0.717, 1.165) is 0 Å². The van der Waals surface area contributed by atoms with Gasteiger partial charge in [-0.2, -0.15) is 13.2 Å². The molecule has 1 amide bonds. The number of hydrogen-bond donors (Lipinski definition) is 2. The molecule has 0 aromatic rings. The van der Waals surface area contributed by atoms with Crippen LogP contribution in [0.2, 0.25) is 0 Å². The molecule has 23 heavy (non-hydrogen) atoms. The number of carbonyl (C=O) groups is 1. The Kier molecular flexibility index (Phi) is 5.21. The average molecular weight is 343 g/mol. The number of halogens is 3. The van der Waals surface area contributed by atoms with Crippen molar-refractivity contribution in [2.45, 2.75) is 63.4 Å². The molecule has 134 valence electrons. The summed E-state index contributed by atoms with van der Waals surface area (Å²) in [5, 5.41) is 12.1. The van der Waals surface area contributed by atoms with Crippen molar-refractivity contribution >= 4 is 5.91 Å². The van der Waals surface area contributed by atoms with Gasteiger partial charge < -0.3 is 29.4 Å². The summed E-state index contributed by atoms with van der Waals surface area (Å²) in [6.07, 6.45) is -9.43. The van der Waals surface area contributed by atoms with Gasteiger partial charge in [-0.15, -0.1) is 0 Å². The quantitative estimate of drug-likeness (QED) is 0.767. The lowest BCUT2D eigenvalue weighted by Crippen LogP contribution is -2.69. The van der Waals surface area contributed by atoms with Crippen LogP contribution < -0.4 is 5.32 Å². The van der Waals surface area contributed by atoms with E-state index in [9.17, 15) is 23.1 Å². The predicted molar refractivity (Wildman–Crippen MR) is 69.2 cm³/mol. The van der Waals surface area contributed by atoms with E-state index in [0.29, 0.717) is 0 Å². The van der Waals surface area contributed by atoms with E-state index in [1.54, 1.807) is 26.1 Å².